The maximum absolute atomic E-state index is 3.82. The molecule has 1 heterocycles. The van der Waals surface area contributed by atoms with Crippen LogP contribution in [0.1, 0.15) is 27.7 Å². The molecule has 2 heteroatoms. The number of hydrogen-bond acceptors (Lipinski definition) is 2. The second kappa shape index (κ2) is 1.68. The molecule has 0 radical (unpaired) electrons. The largest absolute Gasteiger partial charge is 0.365 e. The molecule has 1 rings (SSSR count). The molecule has 0 aromatic carbocycles. The predicted molar refractivity (Wildman–Crippen MR) is 43.6 cm³/mol. The zero-order valence-electron chi connectivity index (χ0n) is 7.21. The van der Waals surface area contributed by atoms with Crippen molar-refractivity contribution in [3.8, 4) is 0 Å². The summed E-state index contributed by atoms with van der Waals surface area (Å²) in [6.45, 7) is 12.5. The summed E-state index contributed by atoms with van der Waals surface area (Å²) in [6, 6.07) is 0. The van der Waals surface area contributed by atoms with Crippen LogP contribution in [0.2, 0.25) is 0 Å². The summed E-state index contributed by atoms with van der Waals surface area (Å²) >= 11 is 0. The van der Waals surface area contributed by atoms with E-state index < -0.39 is 0 Å². The Balaban J connectivity index is 2.88. The van der Waals surface area contributed by atoms with E-state index in [9.17, 15) is 0 Å². The SMILES string of the molecule is C=C1NC(C)(C)C(C)(C)N1. The van der Waals surface area contributed by atoms with Crippen molar-refractivity contribution in [2.24, 2.45) is 0 Å². The molecule has 1 fully saturated rings. The highest BCUT2D eigenvalue weighted by Gasteiger charge is 2.42. The van der Waals surface area contributed by atoms with Gasteiger partial charge in [0.2, 0.25) is 0 Å². The third kappa shape index (κ3) is 0.877. The Kier molecular flexibility index (Phi) is 1.25. The second-order valence-corrected chi connectivity index (χ2v) is 3.98. The normalized spacial score (nSPS) is 27.4. The van der Waals surface area contributed by atoms with E-state index in [-0.39, 0.29) is 11.1 Å². The molecule has 0 aromatic rings. The van der Waals surface area contributed by atoms with Gasteiger partial charge in [-0.05, 0) is 27.7 Å². The molecular weight excluding hydrogens is 124 g/mol. The van der Waals surface area contributed by atoms with Crippen LogP contribution in [-0.4, -0.2) is 11.1 Å². The van der Waals surface area contributed by atoms with Crippen LogP contribution in [0, 0.1) is 0 Å². The van der Waals surface area contributed by atoms with Crippen molar-refractivity contribution in [3.05, 3.63) is 12.4 Å². The van der Waals surface area contributed by atoms with Crippen LogP contribution < -0.4 is 10.6 Å². The van der Waals surface area contributed by atoms with E-state index in [0.717, 1.165) is 5.82 Å². The minimum atomic E-state index is 0.101. The Labute approximate surface area is 62.7 Å². The molecule has 0 bridgehead atoms. The fraction of sp³-hybridized carbons (Fsp3) is 0.750. The third-order valence-electron chi connectivity index (χ3n) is 2.49. The van der Waals surface area contributed by atoms with Crippen LogP contribution in [-0.2, 0) is 0 Å². The lowest BCUT2D eigenvalue weighted by Crippen LogP contribution is -2.51. The van der Waals surface area contributed by atoms with Gasteiger partial charge in [0.25, 0.3) is 0 Å². The topological polar surface area (TPSA) is 24.1 Å². The van der Waals surface area contributed by atoms with Crippen molar-refractivity contribution in [2.75, 3.05) is 0 Å². The minimum Gasteiger partial charge on any atom is -0.365 e. The molecule has 0 unspecified atom stereocenters. The van der Waals surface area contributed by atoms with Crippen molar-refractivity contribution in [1.29, 1.82) is 0 Å². The van der Waals surface area contributed by atoms with Crippen LogP contribution in [0.4, 0.5) is 0 Å². The molecule has 0 saturated carbocycles. The van der Waals surface area contributed by atoms with Crippen LogP contribution in [0.25, 0.3) is 0 Å². The number of nitrogens with one attached hydrogen (secondary N) is 2. The lowest BCUT2D eigenvalue weighted by Gasteiger charge is -2.33. The van der Waals surface area contributed by atoms with Crippen molar-refractivity contribution in [2.45, 2.75) is 38.8 Å². The maximum atomic E-state index is 3.82. The van der Waals surface area contributed by atoms with Gasteiger partial charge in [-0.25, -0.2) is 0 Å². The molecule has 2 nitrogen and oxygen atoms in total. The van der Waals surface area contributed by atoms with Crippen molar-refractivity contribution in [1.82, 2.24) is 10.6 Å². The molecule has 0 aliphatic carbocycles. The molecule has 1 aliphatic rings. The van der Waals surface area contributed by atoms with E-state index >= 15 is 0 Å². The first-order valence-electron chi connectivity index (χ1n) is 3.60. The lowest BCUT2D eigenvalue weighted by molar-refractivity contribution is 0.295. The zero-order chi connectivity index (χ0) is 7.99. The van der Waals surface area contributed by atoms with Gasteiger partial charge in [-0.15, -0.1) is 0 Å². The Morgan fingerprint density at radius 2 is 1.30 bits per heavy atom. The fourth-order valence-corrected chi connectivity index (χ4v) is 1.10. The average Bonchev–Trinajstić information content (AvgIpc) is 1.73. The Hall–Kier alpha value is -0.660. The second-order valence-electron chi connectivity index (χ2n) is 3.98. The first kappa shape index (κ1) is 7.45. The van der Waals surface area contributed by atoms with Crippen LogP contribution >= 0.6 is 0 Å². The lowest BCUT2D eigenvalue weighted by atomic mass is 9.85. The molecule has 0 atom stereocenters. The summed E-state index contributed by atoms with van der Waals surface area (Å²) in [5, 5.41) is 6.56. The molecular formula is C8H16N2. The Bertz CT molecular complexity index is 150. The summed E-state index contributed by atoms with van der Waals surface area (Å²) in [7, 11) is 0. The summed E-state index contributed by atoms with van der Waals surface area (Å²) in [5.41, 5.74) is 0.203. The van der Waals surface area contributed by atoms with Crippen LogP contribution in [0.15, 0.2) is 12.4 Å². The highest BCUT2D eigenvalue weighted by Crippen LogP contribution is 2.27. The first-order valence-corrected chi connectivity index (χ1v) is 3.60. The monoisotopic (exact) mass is 140 g/mol. The summed E-state index contributed by atoms with van der Waals surface area (Å²) in [5.74, 6) is 0.926. The molecule has 1 saturated heterocycles. The van der Waals surface area contributed by atoms with Crippen molar-refractivity contribution < 1.29 is 0 Å². The van der Waals surface area contributed by atoms with Gasteiger partial charge in [0.15, 0.2) is 0 Å². The van der Waals surface area contributed by atoms with E-state index in [2.05, 4.69) is 44.9 Å². The Morgan fingerprint density at radius 1 is 1.00 bits per heavy atom. The van der Waals surface area contributed by atoms with Gasteiger partial charge in [0.05, 0.1) is 16.9 Å². The molecule has 0 amide bonds. The predicted octanol–water partition coefficient (Wildman–Crippen LogP) is 1.21. The van der Waals surface area contributed by atoms with Gasteiger partial charge in [-0.1, -0.05) is 6.58 Å². The molecule has 0 spiro atoms. The van der Waals surface area contributed by atoms with Gasteiger partial charge in [-0.2, -0.15) is 0 Å². The zero-order valence-corrected chi connectivity index (χ0v) is 7.21. The fourth-order valence-electron chi connectivity index (χ4n) is 1.10. The quantitative estimate of drug-likeness (QED) is 0.528. The highest BCUT2D eigenvalue weighted by molar-refractivity contribution is 5.16. The summed E-state index contributed by atoms with van der Waals surface area (Å²) in [6.07, 6.45) is 0. The van der Waals surface area contributed by atoms with Gasteiger partial charge >= 0.3 is 0 Å². The van der Waals surface area contributed by atoms with E-state index in [0.29, 0.717) is 0 Å². The van der Waals surface area contributed by atoms with E-state index in [1.165, 1.54) is 0 Å². The molecule has 0 aromatic heterocycles. The number of hydrogen-bond donors (Lipinski definition) is 2. The van der Waals surface area contributed by atoms with Gasteiger partial charge in [0.1, 0.15) is 0 Å². The highest BCUT2D eigenvalue weighted by atomic mass is 15.3. The van der Waals surface area contributed by atoms with E-state index in [4.69, 9.17) is 0 Å². The molecule has 10 heavy (non-hydrogen) atoms. The third-order valence-corrected chi connectivity index (χ3v) is 2.49. The van der Waals surface area contributed by atoms with Gasteiger partial charge < -0.3 is 10.6 Å². The molecule has 58 valence electrons. The van der Waals surface area contributed by atoms with Crippen LogP contribution in [0.3, 0.4) is 0 Å². The summed E-state index contributed by atoms with van der Waals surface area (Å²) < 4.78 is 0. The van der Waals surface area contributed by atoms with E-state index in [1.807, 2.05) is 0 Å². The summed E-state index contributed by atoms with van der Waals surface area (Å²) in [4.78, 5) is 0. The maximum Gasteiger partial charge on any atom is 0.0922 e. The van der Waals surface area contributed by atoms with Gasteiger partial charge in [0, 0.05) is 0 Å². The standard InChI is InChI=1S/C8H16N2/c1-6-9-7(2,3)8(4,5)10-6/h9-10H,1H2,2-5H3. The molecule has 1 aliphatic heterocycles. The minimum absolute atomic E-state index is 0.101. The number of rotatable bonds is 0. The molecule has 2 N–H and O–H groups in total. The van der Waals surface area contributed by atoms with E-state index in [1.54, 1.807) is 0 Å². The average molecular weight is 140 g/mol. The van der Waals surface area contributed by atoms with Crippen molar-refractivity contribution >= 4 is 0 Å². The van der Waals surface area contributed by atoms with Crippen LogP contribution in [0.5, 0.6) is 0 Å². The Morgan fingerprint density at radius 3 is 1.40 bits per heavy atom. The van der Waals surface area contributed by atoms with Crippen molar-refractivity contribution in [3.63, 3.8) is 0 Å². The smallest absolute Gasteiger partial charge is 0.0922 e. The van der Waals surface area contributed by atoms with Gasteiger partial charge in [-0.3, -0.25) is 0 Å². The first-order chi connectivity index (χ1) is 4.35.